The van der Waals surface area contributed by atoms with Crippen molar-refractivity contribution >= 4 is 0 Å². The zero-order chi connectivity index (χ0) is 12.1. The van der Waals surface area contributed by atoms with Crippen LogP contribution >= 0.6 is 0 Å². The maximum absolute atomic E-state index is 5.69. The van der Waals surface area contributed by atoms with E-state index in [9.17, 15) is 0 Å². The number of oxazole rings is 1. The first-order chi connectivity index (χ1) is 8.31. The molecule has 1 fully saturated rings. The Balaban J connectivity index is 1.86. The molecule has 2 rings (SSSR count). The predicted molar refractivity (Wildman–Crippen MR) is 67.8 cm³/mol. The molecule has 0 amide bonds. The Morgan fingerprint density at radius 3 is 3.24 bits per heavy atom. The highest BCUT2D eigenvalue weighted by Crippen LogP contribution is 2.20. The number of likely N-dealkylation sites (tertiary alicyclic amines) is 1. The number of nitrogens with zero attached hydrogens (tertiary/aromatic N) is 2. The van der Waals surface area contributed by atoms with E-state index >= 15 is 0 Å². The van der Waals surface area contributed by atoms with Gasteiger partial charge in [0.05, 0.1) is 6.20 Å². The van der Waals surface area contributed by atoms with Gasteiger partial charge in [0.15, 0.2) is 5.89 Å². The van der Waals surface area contributed by atoms with Crippen molar-refractivity contribution in [2.24, 2.45) is 11.7 Å². The minimum absolute atomic E-state index is 0.627. The van der Waals surface area contributed by atoms with E-state index in [1.165, 1.54) is 25.9 Å². The van der Waals surface area contributed by atoms with Crippen LogP contribution in [0, 0.1) is 5.92 Å². The van der Waals surface area contributed by atoms with Crippen LogP contribution in [0.4, 0.5) is 0 Å². The lowest BCUT2D eigenvalue weighted by Crippen LogP contribution is -2.35. The average molecular weight is 237 g/mol. The standard InChI is InChI=1S/C13H23N3O/c1-2-16-7-3-4-11(10-16)8-13-15-9-12(17-13)5-6-14/h9,11H,2-8,10,14H2,1H3. The van der Waals surface area contributed by atoms with Crippen molar-refractivity contribution in [3.05, 3.63) is 17.8 Å². The molecule has 4 nitrogen and oxygen atoms in total. The van der Waals surface area contributed by atoms with Crippen LogP contribution in [0.2, 0.25) is 0 Å². The molecule has 0 bridgehead atoms. The molecule has 0 aliphatic carbocycles. The molecule has 96 valence electrons. The zero-order valence-corrected chi connectivity index (χ0v) is 10.7. The van der Waals surface area contributed by atoms with Crippen molar-refractivity contribution in [1.29, 1.82) is 0 Å². The molecule has 1 atom stereocenters. The van der Waals surface area contributed by atoms with Crippen LogP contribution in [0.5, 0.6) is 0 Å². The summed E-state index contributed by atoms with van der Waals surface area (Å²) in [4.78, 5) is 6.85. The summed E-state index contributed by atoms with van der Waals surface area (Å²) in [6.07, 6.45) is 6.18. The first-order valence-corrected chi connectivity index (χ1v) is 6.67. The molecule has 1 aromatic heterocycles. The Morgan fingerprint density at radius 1 is 1.59 bits per heavy atom. The normalized spacial score (nSPS) is 21.9. The Kier molecular flexibility index (Phi) is 4.57. The van der Waals surface area contributed by atoms with Gasteiger partial charge in [-0.05, 0) is 38.4 Å². The van der Waals surface area contributed by atoms with Gasteiger partial charge in [-0.1, -0.05) is 6.92 Å². The first-order valence-electron chi connectivity index (χ1n) is 6.67. The SMILES string of the molecule is CCN1CCCC(Cc2ncc(CCN)o2)C1. The van der Waals surface area contributed by atoms with Crippen molar-refractivity contribution in [2.75, 3.05) is 26.2 Å². The summed E-state index contributed by atoms with van der Waals surface area (Å²) in [5, 5.41) is 0. The van der Waals surface area contributed by atoms with Crippen molar-refractivity contribution in [2.45, 2.75) is 32.6 Å². The summed E-state index contributed by atoms with van der Waals surface area (Å²) in [6, 6.07) is 0. The third-order valence-electron chi connectivity index (χ3n) is 3.51. The van der Waals surface area contributed by atoms with E-state index in [0.717, 1.165) is 31.0 Å². The molecule has 0 saturated carbocycles. The lowest BCUT2D eigenvalue weighted by molar-refractivity contribution is 0.176. The average Bonchev–Trinajstić information content (AvgIpc) is 2.77. The van der Waals surface area contributed by atoms with Crippen molar-refractivity contribution in [1.82, 2.24) is 9.88 Å². The summed E-state index contributed by atoms with van der Waals surface area (Å²) in [5.41, 5.74) is 5.50. The maximum Gasteiger partial charge on any atom is 0.194 e. The zero-order valence-electron chi connectivity index (χ0n) is 10.7. The van der Waals surface area contributed by atoms with Gasteiger partial charge in [-0.15, -0.1) is 0 Å². The molecule has 0 aromatic carbocycles. The minimum Gasteiger partial charge on any atom is -0.446 e. The van der Waals surface area contributed by atoms with E-state index in [-0.39, 0.29) is 0 Å². The first kappa shape index (κ1) is 12.6. The van der Waals surface area contributed by atoms with E-state index in [1.54, 1.807) is 0 Å². The van der Waals surface area contributed by atoms with E-state index in [0.29, 0.717) is 12.5 Å². The highest BCUT2D eigenvalue weighted by Gasteiger charge is 2.20. The number of aromatic nitrogens is 1. The van der Waals surface area contributed by atoms with Gasteiger partial charge in [0.25, 0.3) is 0 Å². The molecular weight excluding hydrogens is 214 g/mol. The third-order valence-corrected chi connectivity index (χ3v) is 3.51. The molecule has 1 aromatic rings. The number of nitrogens with two attached hydrogens (primary N) is 1. The summed E-state index contributed by atoms with van der Waals surface area (Å²) < 4.78 is 5.69. The van der Waals surface area contributed by atoms with E-state index < -0.39 is 0 Å². The molecule has 2 N–H and O–H groups in total. The van der Waals surface area contributed by atoms with Crippen LogP contribution in [0.25, 0.3) is 0 Å². The maximum atomic E-state index is 5.69. The molecule has 1 aliphatic heterocycles. The fourth-order valence-corrected chi connectivity index (χ4v) is 2.55. The summed E-state index contributed by atoms with van der Waals surface area (Å²) in [5.74, 6) is 2.51. The summed E-state index contributed by atoms with van der Waals surface area (Å²) >= 11 is 0. The van der Waals surface area contributed by atoms with E-state index in [4.69, 9.17) is 10.2 Å². The van der Waals surface area contributed by atoms with E-state index in [2.05, 4.69) is 16.8 Å². The van der Waals surface area contributed by atoms with Crippen LogP contribution < -0.4 is 5.73 Å². The molecule has 2 heterocycles. The molecule has 1 aliphatic rings. The highest BCUT2D eigenvalue weighted by atomic mass is 16.4. The second kappa shape index (κ2) is 6.17. The lowest BCUT2D eigenvalue weighted by Gasteiger charge is -2.31. The number of hydrogen-bond acceptors (Lipinski definition) is 4. The van der Waals surface area contributed by atoms with Gasteiger partial charge in [-0.3, -0.25) is 0 Å². The Hall–Kier alpha value is -0.870. The monoisotopic (exact) mass is 237 g/mol. The summed E-state index contributed by atoms with van der Waals surface area (Å²) in [6.45, 7) is 6.44. The molecule has 1 saturated heterocycles. The predicted octanol–water partition coefficient (Wildman–Crippen LogP) is 1.45. The van der Waals surface area contributed by atoms with Gasteiger partial charge in [-0.25, -0.2) is 4.98 Å². The molecule has 1 unspecified atom stereocenters. The van der Waals surface area contributed by atoms with Gasteiger partial charge in [-0.2, -0.15) is 0 Å². The number of rotatable bonds is 5. The fraction of sp³-hybridized carbons (Fsp3) is 0.769. The molecule has 0 radical (unpaired) electrons. The Labute approximate surface area is 103 Å². The smallest absolute Gasteiger partial charge is 0.194 e. The van der Waals surface area contributed by atoms with Crippen molar-refractivity contribution < 1.29 is 4.42 Å². The van der Waals surface area contributed by atoms with Crippen molar-refractivity contribution in [3.63, 3.8) is 0 Å². The Bertz CT molecular complexity index is 337. The van der Waals surface area contributed by atoms with Crippen molar-refractivity contribution in [3.8, 4) is 0 Å². The molecule has 0 spiro atoms. The molecule has 4 heteroatoms. The van der Waals surface area contributed by atoms with Gasteiger partial charge in [0.2, 0.25) is 0 Å². The molecule has 17 heavy (non-hydrogen) atoms. The number of hydrogen-bond donors (Lipinski definition) is 1. The van der Waals surface area contributed by atoms with Crippen LogP contribution in [0.15, 0.2) is 10.6 Å². The van der Waals surface area contributed by atoms with Crippen LogP contribution in [0.3, 0.4) is 0 Å². The van der Waals surface area contributed by atoms with Crippen LogP contribution in [-0.4, -0.2) is 36.1 Å². The second-order valence-corrected chi connectivity index (χ2v) is 4.86. The van der Waals surface area contributed by atoms with Crippen LogP contribution in [-0.2, 0) is 12.8 Å². The quantitative estimate of drug-likeness (QED) is 0.842. The van der Waals surface area contributed by atoms with Gasteiger partial charge < -0.3 is 15.1 Å². The van der Waals surface area contributed by atoms with Gasteiger partial charge in [0, 0.05) is 19.4 Å². The van der Waals surface area contributed by atoms with Gasteiger partial charge in [0.1, 0.15) is 5.76 Å². The van der Waals surface area contributed by atoms with Crippen LogP contribution in [0.1, 0.15) is 31.4 Å². The van der Waals surface area contributed by atoms with Gasteiger partial charge >= 0.3 is 0 Å². The minimum atomic E-state index is 0.627. The largest absolute Gasteiger partial charge is 0.446 e. The number of piperidine rings is 1. The van der Waals surface area contributed by atoms with E-state index in [1.807, 2.05) is 6.20 Å². The second-order valence-electron chi connectivity index (χ2n) is 4.86. The molecular formula is C13H23N3O. The Morgan fingerprint density at radius 2 is 2.47 bits per heavy atom. The highest BCUT2D eigenvalue weighted by molar-refractivity contribution is 4.96. The fourth-order valence-electron chi connectivity index (χ4n) is 2.55. The topological polar surface area (TPSA) is 55.3 Å². The third kappa shape index (κ3) is 3.54. The summed E-state index contributed by atoms with van der Waals surface area (Å²) in [7, 11) is 0. The lowest BCUT2D eigenvalue weighted by atomic mass is 9.95.